The van der Waals surface area contributed by atoms with Crippen molar-refractivity contribution in [3.8, 4) is 5.75 Å². The summed E-state index contributed by atoms with van der Waals surface area (Å²) in [7, 11) is 0. The predicted octanol–water partition coefficient (Wildman–Crippen LogP) is 6.39. The zero-order valence-corrected chi connectivity index (χ0v) is 22.9. The number of carbonyl (C=O) groups excluding carboxylic acids is 2. The lowest BCUT2D eigenvalue weighted by Gasteiger charge is -2.35. The maximum atomic E-state index is 12.9. The molecule has 1 aromatic carbocycles. The number of hydrogen-bond acceptors (Lipinski definition) is 4. The number of hydrogen-bond donors (Lipinski definition) is 2. The predicted molar refractivity (Wildman–Crippen MR) is 139 cm³/mol. The quantitative estimate of drug-likeness (QED) is 0.174. The van der Waals surface area contributed by atoms with Gasteiger partial charge in [-0.25, -0.2) is 0 Å². The largest absolute Gasteiger partial charge is 0.425 e. The van der Waals surface area contributed by atoms with Crippen LogP contribution in [0.5, 0.6) is 5.75 Å². The highest BCUT2D eigenvalue weighted by Crippen LogP contribution is 2.58. The second-order valence-electron chi connectivity index (χ2n) is 10.7. The summed E-state index contributed by atoms with van der Waals surface area (Å²) >= 11 is 3.59. The van der Waals surface area contributed by atoms with Gasteiger partial charge in [-0.3, -0.25) is 9.59 Å². The van der Waals surface area contributed by atoms with Crippen LogP contribution in [-0.4, -0.2) is 29.6 Å². The standard InChI is InChI=1S/C28H42BrNO4/c1-5-6-7-8-9-10-11-12-13-14-24(32)34-23-16-20-19(15-21(23)29)25-22(17-31)30-27(33)26(25)28(20,4)18(2)3/h15-16,18,22,25-26,31H,5-14,17H2,1-4H3,(H,30,33)/t22-,25-,26-,28-/m1/s1. The van der Waals surface area contributed by atoms with Gasteiger partial charge in [0.1, 0.15) is 5.75 Å². The third kappa shape index (κ3) is 5.53. The summed E-state index contributed by atoms with van der Waals surface area (Å²) < 4.78 is 6.50. The summed E-state index contributed by atoms with van der Waals surface area (Å²) in [4.78, 5) is 25.5. The van der Waals surface area contributed by atoms with Crippen LogP contribution in [0.15, 0.2) is 16.6 Å². The van der Waals surface area contributed by atoms with Gasteiger partial charge < -0.3 is 15.2 Å². The van der Waals surface area contributed by atoms with Gasteiger partial charge >= 0.3 is 5.97 Å². The monoisotopic (exact) mass is 535 g/mol. The van der Waals surface area contributed by atoms with Crippen LogP contribution < -0.4 is 10.1 Å². The van der Waals surface area contributed by atoms with E-state index in [-0.39, 0.29) is 42.3 Å². The lowest BCUT2D eigenvalue weighted by atomic mass is 9.67. The number of benzene rings is 1. The summed E-state index contributed by atoms with van der Waals surface area (Å²) in [5, 5.41) is 12.9. The molecule has 0 aromatic heterocycles. The number of halogens is 1. The van der Waals surface area contributed by atoms with Crippen molar-refractivity contribution >= 4 is 27.8 Å². The maximum absolute atomic E-state index is 12.9. The SMILES string of the molecule is CCCCCCCCCCCC(=O)Oc1cc2c(cc1Br)[C@@H]1[C@@H](CO)NC(=O)[C@@H]1[C@]2(C)C(C)C. The van der Waals surface area contributed by atoms with E-state index in [0.717, 1.165) is 28.4 Å². The number of nitrogens with one attached hydrogen (secondary N) is 1. The van der Waals surface area contributed by atoms with E-state index in [1.54, 1.807) is 0 Å². The van der Waals surface area contributed by atoms with E-state index in [0.29, 0.717) is 12.2 Å². The molecule has 0 unspecified atom stereocenters. The molecule has 1 heterocycles. The number of unbranched alkanes of at least 4 members (excludes halogenated alkanes) is 8. The summed E-state index contributed by atoms with van der Waals surface area (Å²) in [6.45, 7) is 8.53. The van der Waals surface area contributed by atoms with Crippen molar-refractivity contribution < 1.29 is 19.4 Å². The average molecular weight is 537 g/mol. The van der Waals surface area contributed by atoms with Crippen LogP contribution in [0.2, 0.25) is 0 Å². The van der Waals surface area contributed by atoms with Gasteiger partial charge in [-0.15, -0.1) is 0 Å². The number of amides is 1. The van der Waals surface area contributed by atoms with Gasteiger partial charge in [-0.1, -0.05) is 79.1 Å². The summed E-state index contributed by atoms with van der Waals surface area (Å²) in [6.07, 6.45) is 11.3. The van der Waals surface area contributed by atoms with Crippen LogP contribution in [-0.2, 0) is 15.0 Å². The summed E-state index contributed by atoms with van der Waals surface area (Å²) in [5.41, 5.74) is 1.72. The lowest BCUT2D eigenvalue weighted by Crippen LogP contribution is -2.39. The topological polar surface area (TPSA) is 75.6 Å². The molecule has 6 heteroatoms. The van der Waals surface area contributed by atoms with E-state index in [1.807, 2.05) is 12.1 Å². The van der Waals surface area contributed by atoms with Crippen molar-refractivity contribution in [2.75, 3.05) is 6.61 Å². The Morgan fingerprint density at radius 3 is 2.32 bits per heavy atom. The van der Waals surface area contributed by atoms with Crippen molar-refractivity contribution in [3.63, 3.8) is 0 Å². The molecule has 1 aliphatic heterocycles. The fraction of sp³-hybridized carbons (Fsp3) is 0.714. The Hall–Kier alpha value is -1.40. The molecule has 1 fully saturated rings. The molecule has 5 nitrogen and oxygen atoms in total. The molecule has 1 aliphatic carbocycles. The molecule has 3 rings (SSSR count). The van der Waals surface area contributed by atoms with Crippen LogP contribution in [0.4, 0.5) is 0 Å². The van der Waals surface area contributed by atoms with E-state index in [9.17, 15) is 14.7 Å². The fourth-order valence-corrected chi connectivity index (χ4v) is 6.38. The highest BCUT2D eigenvalue weighted by molar-refractivity contribution is 9.10. The van der Waals surface area contributed by atoms with E-state index >= 15 is 0 Å². The Morgan fingerprint density at radius 2 is 1.74 bits per heavy atom. The fourth-order valence-electron chi connectivity index (χ4n) is 5.94. The number of aliphatic hydroxyl groups is 1. The van der Waals surface area contributed by atoms with E-state index in [2.05, 4.69) is 48.9 Å². The first-order chi connectivity index (χ1) is 16.2. The number of rotatable bonds is 13. The third-order valence-corrected chi connectivity index (χ3v) is 8.82. The zero-order chi connectivity index (χ0) is 24.9. The minimum Gasteiger partial charge on any atom is -0.425 e. The first kappa shape index (κ1) is 27.2. The number of ether oxygens (including phenoxy) is 1. The van der Waals surface area contributed by atoms with Gasteiger partial charge in [0.2, 0.25) is 5.91 Å². The maximum Gasteiger partial charge on any atom is 0.311 e. The normalized spacial score (nSPS) is 25.4. The number of fused-ring (bicyclic) bond motifs is 3. The molecule has 0 bridgehead atoms. The number of carbonyl (C=O) groups is 2. The molecule has 1 saturated heterocycles. The van der Waals surface area contributed by atoms with Crippen molar-refractivity contribution in [2.45, 2.75) is 109 Å². The lowest BCUT2D eigenvalue weighted by molar-refractivity contribution is -0.134. The van der Waals surface area contributed by atoms with E-state index in [1.165, 1.54) is 44.9 Å². The Kier molecular flexibility index (Phi) is 9.62. The third-order valence-electron chi connectivity index (χ3n) is 8.20. The molecular formula is C28H42BrNO4. The highest BCUT2D eigenvalue weighted by Gasteiger charge is 2.60. The van der Waals surface area contributed by atoms with Crippen molar-refractivity contribution in [1.29, 1.82) is 0 Å². The van der Waals surface area contributed by atoms with Gasteiger partial charge in [0.05, 0.1) is 23.0 Å². The minimum absolute atomic E-state index is 0.00326. The minimum atomic E-state index is -0.396. The van der Waals surface area contributed by atoms with Crippen LogP contribution in [0, 0.1) is 11.8 Å². The van der Waals surface area contributed by atoms with Gasteiger partial charge in [0.15, 0.2) is 0 Å². The molecular weight excluding hydrogens is 494 g/mol. The molecule has 0 radical (unpaired) electrons. The Labute approximate surface area is 213 Å². The van der Waals surface area contributed by atoms with Crippen molar-refractivity contribution in [2.24, 2.45) is 11.8 Å². The second kappa shape index (κ2) is 12.0. The first-order valence-electron chi connectivity index (χ1n) is 13.2. The van der Waals surface area contributed by atoms with E-state index in [4.69, 9.17) is 4.74 Å². The molecule has 1 amide bonds. The number of aliphatic hydroxyl groups excluding tert-OH is 1. The van der Waals surface area contributed by atoms with Gasteiger partial charge in [0.25, 0.3) is 0 Å². The Bertz CT molecular complexity index is 870. The average Bonchev–Trinajstić information content (AvgIpc) is 3.27. The zero-order valence-electron chi connectivity index (χ0n) is 21.3. The molecule has 1 aromatic rings. The van der Waals surface area contributed by atoms with Gasteiger partial charge in [0, 0.05) is 17.8 Å². The Balaban J connectivity index is 1.63. The first-order valence-corrected chi connectivity index (χ1v) is 14.0. The highest BCUT2D eigenvalue weighted by atomic mass is 79.9. The Morgan fingerprint density at radius 1 is 1.12 bits per heavy atom. The van der Waals surface area contributed by atoms with Gasteiger partial charge in [-0.05, 0) is 51.5 Å². The number of esters is 1. The molecule has 0 spiro atoms. The molecule has 2 aliphatic rings. The van der Waals surface area contributed by atoms with Crippen LogP contribution in [0.25, 0.3) is 0 Å². The molecule has 34 heavy (non-hydrogen) atoms. The molecule has 190 valence electrons. The van der Waals surface area contributed by atoms with Crippen molar-refractivity contribution in [3.05, 3.63) is 27.7 Å². The summed E-state index contributed by atoms with van der Waals surface area (Å²) in [5.74, 6) is 0.196. The smallest absolute Gasteiger partial charge is 0.311 e. The van der Waals surface area contributed by atoms with Crippen molar-refractivity contribution in [1.82, 2.24) is 5.32 Å². The van der Waals surface area contributed by atoms with Crippen LogP contribution in [0.1, 0.15) is 109 Å². The van der Waals surface area contributed by atoms with Crippen LogP contribution >= 0.6 is 15.9 Å². The molecule has 2 N–H and O–H groups in total. The second-order valence-corrected chi connectivity index (χ2v) is 11.5. The summed E-state index contributed by atoms with van der Waals surface area (Å²) in [6, 6.07) is 3.65. The molecule has 4 atom stereocenters. The van der Waals surface area contributed by atoms with E-state index < -0.39 is 5.41 Å². The molecule has 0 saturated carbocycles. The van der Waals surface area contributed by atoms with Crippen LogP contribution in [0.3, 0.4) is 0 Å². The van der Waals surface area contributed by atoms with Gasteiger partial charge in [-0.2, -0.15) is 0 Å².